The maximum atomic E-state index is 9.98. The van der Waals surface area contributed by atoms with Gasteiger partial charge >= 0.3 is 0 Å². The molecule has 13 rings (SSSR count). The maximum absolute atomic E-state index is 9.98. The molecule has 0 saturated heterocycles. The van der Waals surface area contributed by atoms with Crippen molar-refractivity contribution in [3.05, 3.63) is 242 Å². The first-order chi connectivity index (χ1) is 41.4. The predicted molar refractivity (Wildman–Crippen MR) is 274 cm³/mol. The molecule has 0 N–H and O–H groups in total. The molecule has 304 valence electrons. The molecule has 65 heavy (non-hydrogen) atoms. The maximum Gasteiger partial charge on any atom is 0.145 e. The molecule has 0 unspecified atom stereocenters. The van der Waals surface area contributed by atoms with Gasteiger partial charge in [0.05, 0.1) is 52.3 Å². The van der Waals surface area contributed by atoms with Gasteiger partial charge in [-0.15, -0.1) is 0 Å². The predicted octanol–water partition coefficient (Wildman–Crippen LogP) is 17.5. The van der Waals surface area contributed by atoms with E-state index in [1.165, 1.54) is 6.07 Å². The van der Waals surface area contributed by atoms with Crippen LogP contribution in [0.5, 0.6) is 0 Å². The lowest BCUT2D eigenvalue weighted by atomic mass is 9.96. The molecule has 2 aromatic heterocycles. The van der Waals surface area contributed by atoms with Crippen molar-refractivity contribution in [1.29, 1.82) is 0 Å². The summed E-state index contributed by atoms with van der Waals surface area (Å²) in [6.45, 7) is 0. The molecule has 0 atom stereocenters. The molecular weight excluding hydrogens is 789 g/mol. The molecule has 0 saturated carbocycles. The number of furan rings is 1. The van der Waals surface area contributed by atoms with Gasteiger partial charge in [0, 0.05) is 38.8 Å². The lowest BCUT2D eigenvalue weighted by Gasteiger charge is -2.27. The first kappa shape index (κ1) is 21.1. The fourth-order valence-corrected chi connectivity index (χ4v) is 8.68. The molecule has 0 radical (unpaired) electrons. The van der Waals surface area contributed by atoms with Gasteiger partial charge in [0.2, 0.25) is 0 Å². The second-order valence-electron chi connectivity index (χ2n) is 15.1. The van der Waals surface area contributed by atoms with E-state index in [4.69, 9.17) is 23.6 Å². The summed E-state index contributed by atoms with van der Waals surface area (Å²) < 4.78 is 211. The number of rotatable bonds is 7. The standard InChI is InChI=1S/C62H40N2O/c1-3-20-49-41(14-1)16-12-25-51(49)43-30-34-46(35-31-43)63(47-36-32-44(33-37-47)52-26-13-17-42-15-2-4-21-50(42)52)59-39-38-53(62-61(59)56-24-7-10-29-60(56)65-62)45-18-11-19-48(40-45)64-57-27-8-5-22-54(57)55-23-6-9-28-58(55)64/h1-40H/i1D,2D,3D,4D,12D,13D,14D,15D,16D,17D,20D,21D,25D,26D,30D,31D,32D,33D,34D,35D,36D,37D. The van der Waals surface area contributed by atoms with Gasteiger partial charge in [-0.3, -0.25) is 0 Å². The molecule has 0 aliphatic carbocycles. The quantitative estimate of drug-likeness (QED) is 0.159. The van der Waals surface area contributed by atoms with Crippen LogP contribution in [-0.2, 0) is 0 Å². The Morgan fingerprint density at radius 3 is 1.55 bits per heavy atom. The number of fused-ring (bicyclic) bond motifs is 8. The van der Waals surface area contributed by atoms with Crippen LogP contribution in [-0.4, -0.2) is 4.57 Å². The molecule has 0 amide bonds. The highest BCUT2D eigenvalue weighted by Crippen LogP contribution is 2.47. The van der Waals surface area contributed by atoms with Crippen LogP contribution in [0.25, 0.3) is 104 Å². The number of para-hydroxylation sites is 3. The molecule has 3 nitrogen and oxygen atoms in total. The van der Waals surface area contributed by atoms with Crippen molar-refractivity contribution in [1.82, 2.24) is 4.57 Å². The Kier molecular flexibility index (Phi) is 4.88. The van der Waals surface area contributed by atoms with E-state index in [1.807, 2.05) is 72.8 Å². The van der Waals surface area contributed by atoms with Crippen molar-refractivity contribution in [3.8, 4) is 39.1 Å². The summed E-state index contributed by atoms with van der Waals surface area (Å²) in [6, 6.07) is 14.7. The molecule has 0 aliphatic heterocycles. The Hall–Kier alpha value is -8.66. The fourth-order valence-electron chi connectivity index (χ4n) is 8.68. The molecule has 0 bridgehead atoms. The van der Waals surface area contributed by atoms with Crippen molar-refractivity contribution in [2.75, 3.05) is 4.90 Å². The highest BCUT2D eigenvalue weighted by molar-refractivity contribution is 6.17. The monoisotopic (exact) mass is 850 g/mol. The molecule has 0 fully saturated rings. The van der Waals surface area contributed by atoms with E-state index >= 15 is 0 Å². The summed E-state index contributed by atoms with van der Waals surface area (Å²) >= 11 is 0. The third-order valence-corrected chi connectivity index (χ3v) is 11.5. The Labute approximate surface area is 407 Å². The second kappa shape index (κ2) is 15.0. The zero-order chi connectivity index (χ0) is 62.0. The Balaban J connectivity index is 1.14. The van der Waals surface area contributed by atoms with Crippen LogP contribution in [0.4, 0.5) is 17.1 Å². The number of benzene rings is 11. The van der Waals surface area contributed by atoms with Gasteiger partial charge in [0.25, 0.3) is 0 Å². The highest BCUT2D eigenvalue weighted by atomic mass is 16.3. The number of hydrogen-bond donors (Lipinski definition) is 0. The van der Waals surface area contributed by atoms with E-state index in [-0.39, 0.29) is 16.7 Å². The van der Waals surface area contributed by atoms with Crippen LogP contribution in [0.3, 0.4) is 0 Å². The summed E-state index contributed by atoms with van der Waals surface area (Å²) in [6.07, 6.45) is 0. The smallest absolute Gasteiger partial charge is 0.145 e. The minimum atomic E-state index is -0.953. The second-order valence-corrected chi connectivity index (χ2v) is 15.1. The van der Waals surface area contributed by atoms with E-state index in [9.17, 15) is 11.0 Å². The molecule has 3 heteroatoms. The van der Waals surface area contributed by atoms with Gasteiger partial charge in [-0.2, -0.15) is 0 Å². The fraction of sp³-hybridized carbons (Fsp3) is 0. The van der Waals surface area contributed by atoms with Gasteiger partial charge in [-0.05, 0) is 116 Å². The Bertz CT molecular complexity index is 4970. The minimum absolute atomic E-state index is 0.0974. The van der Waals surface area contributed by atoms with Gasteiger partial charge in [0.15, 0.2) is 0 Å². The lowest BCUT2D eigenvalue weighted by molar-refractivity contribution is 0.670. The van der Waals surface area contributed by atoms with Crippen LogP contribution in [0.1, 0.15) is 30.2 Å². The summed E-state index contributed by atoms with van der Waals surface area (Å²) in [5.41, 5.74) is 0.0338. The number of anilines is 3. The van der Waals surface area contributed by atoms with Crippen molar-refractivity contribution >= 4 is 82.4 Å². The largest absolute Gasteiger partial charge is 0.455 e. The van der Waals surface area contributed by atoms with E-state index in [0.29, 0.717) is 22.1 Å². The average molecular weight is 851 g/mol. The number of hydrogen-bond acceptors (Lipinski definition) is 2. The van der Waals surface area contributed by atoms with Crippen molar-refractivity contribution in [2.45, 2.75) is 0 Å². The minimum Gasteiger partial charge on any atom is -0.455 e. The zero-order valence-corrected chi connectivity index (χ0v) is 33.7. The van der Waals surface area contributed by atoms with E-state index in [2.05, 4.69) is 4.57 Å². The van der Waals surface area contributed by atoms with E-state index in [0.717, 1.165) is 32.4 Å². The average Bonchev–Trinajstić information content (AvgIpc) is 1.51. The number of nitrogens with zero attached hydrogens (tertiary/aromatic N) is 2. The van der Waals surface area contributed by atoms with Gasteiger partial charge in [-0.25, -0.2) is 0 Å². The molecular formula is C62H40N2O. The Morgan fingerprint density at radius 2 is 0.938 bits per heavy atom. The van der Waals surface area contributed by atoms with Crippen LogP contribution in [0.15, 0.2) is 247 Å². The van der Waals surface area contributed by atoms with Crippen molar-refractivity contribution in [3.63, 3.8) is 0 Å². The van der Waals surface area contributed by atoms with Crippen LogP contribution in [0.2, 0.25) is 0 Å². The summed E-state index contributed by atoms with van der Waals surface area (Å²) in [7, 11) is 0. The highest BCUT2D eigenvalue weighted by Gasteiger charge is 2.23. The van der Waals surface area contributed by atoms with Crippen LogP contribution >= 0.6 is 0 Å². The topological polar surface area (TPSA) is 21.3 Å². The van der Waals surface area contributed by atoms with Crippen LogP contribution < -0.4 is 4.90 Å². The van der Waals surface area contributed by atoms with Crippen molar-refractivity contribution in [2.24, 2.45) is 0 Å². The summed E-state index contributed by atoms with van der Waals surface area (Å²) in [4.78, 5) is 0.987. The first-order valence-electron chi connectivity index (χ1n) is 31.5. The first-order valence-corrected chi connectivity index (χ1v) is 20.5. The van der Waals surface area contributed by atoms with Crippen molar-refractivity contribution < 1.29 is 34.6 Å². The normalized spacial score (nSPS) is 16.4. The molecule has 0 spiro atoms. The third-order valence-electron chi connectivity index (χ3n) is 11.5. The third kappa shape index (κ3) is 6.05. The van der Waals surface area contributed by atoms with Crippen LogP contribution in [0, 0.1) is 0 Å². The zero-order valence-electron chi connectivity index (χ0n) is 55.7. The molecule has 11 aromatic carbocycles. The molecule has 13 aromatic rings. The van der Waals surface area contributed by atoms with Gasteiger partial charge in [-0.1, -0.05) is 175 Å². The summed E-state index contributed by atoms with van der Waals surface area (Å²) in [5.74, 6) is 0. The summed E-state index contributed by atoms with van der Waals surface area (Å²) in [5, 5.41) is 0.534. The molecule has 0 aliphatic rings. The number of aromatic nitrogens is 1. The van der Waals surface area contributed by atoms with E-state index in [1.54, 1.807) is 30.3 Å². The van der Waals surface area contributed by atoms with E-state index < -0.39 is 188 Å². The van der Waals surface area contributed by atoms with Gasteiger partial charge in [0.1, 0.15) is 11.2 Å². The Morgan fingerprint density at radius 1 is 0.400 bits per heavy atom. The molecule has 2 heterocycles. The van der Waals surface area contributed by atoms with Gasteiger partial charge < -0.3 is 13.9 Å². The lowest BCUT2D eigenvalue weighted by Crippen LogP contribution is -2.10. The SMILES string of the molecule is [2H]c1c([2H])c(N(c2c([2H])c([2H])c(-c3c([2H])c([2H])c([2H])c4c([2H])c([2H])c([2H])c([2H])c34)c([2H])c2[2H])c2ccc(-c3cccc(-n4c5ccccc5c5ccccc54)c3)c3oc4ccccc4c23)c([2H])c([2H])c1-c1c([2H])c([2H])c([2H])c2c([2H])c([2H])c([2H])c([2H])c12.